The minimum atomic E-state index is -0.726. The fourth-order valence-corrected chi connectivity index (χ4v) is 0.971. The first-order valence-electron chi connectivity index (χ1n) is 3.55. The Hall–Kier alpha value is -0.890. The van der Waals surface area contributed by atoms with Crippen LogP contribution in [-0.4, -0.2) is 5.11 Å². The first-order chi connectivity index (χ1) is 5.11. The van der Waals surface area contributed by atoms with E-state index < -0.39 is 6.10 Å². The number of benzene rings is 1. The van der Waals surface area contributed by atoms with Crippen LogP contribution >= 0.6 is 0 Å². The van der Waals surface area contributed by atoms with E-state index in [0.717, 1.165) is 5.56 Å². The SMILES string of the molecule is Cc1ccc(C(C)O)c(F)c1. The van der Waals surface area contributed by atoms with Crippen molar-refractivity contribution in [2.45, 2.75) is 20.0 Å². The van der Waals surface area contributed by atoms with Crippen LogP contribution in [0.3, 0.4) is 0 Å². The highest BCUT2D eigenvalue weighted by molar-refractivity contribution is 5.24. The summed E-state index contributed by atoms with van der Waals surface area (Å²) in [6.45, 7) is 3.36. The molecule has 0 aliphatic heterocycles. The molecule has 0 amide bonds. The number of aliphatic hydroxyl groups is 1. The van der Waals surface area contributed by atoms with Gasteiger partial charge < -0.3 is 5.11 Å². The van der Waals surface area contributed by atoms with Crippen molar-refractivity contribution in [2.75, 3.05) is 0 Å². The van der Waals surface area contributed by atoms with Gasteiger partial charge in [0.2, 0.25) is 0 Å². The largest absolute Gasteiger partial charge is 0.389 e. The van der Waals surface area contributed by atoms with E-state index in [1.165, 1.54) is 6.07 Å². The van der Waals surface area contributed by atoms with Gasteiger partial charge in [0, 0.05) is 5.56 Å². The second-order valence-corrected chi connectivity index (χ2v) is 2.70. The Morgan fingerprint density at radius 2 is 2.09 bits per heavy atom. The molecule has 0 spiro atoms. The monoisotopic (exact) mass is 154 g/mol. The lowest BCUT2D eigenvalue weighted by atomic mass is 10.1. The maximum Gasteiger partial charge on any atom is 0.129 e. The molecule has 1 unspecified atom stereocenters. The standard InChI is InChI=1S/C9H11FO/c1-6-3-4-8(7(2)11)9(10)5-6/h3-5,7,11H,1-2H3. The molecule has 0 saturated carbocycles. The molecule has 1 aromatic carbocycles. The number of aliphatic hydroxyl groups excluding tert-OH is 1. The lowest BCUT2D eigenvalue weighted by molar-refractivity contribution is 0.194. The summed E-state index contributed by atoms with van der Waals surface area (Å²) in [6.07, 6.45) is -0.726. The lowest BCUT2D eigenvalue weighted by Gasteiger charge is -2.05. The molecule has 1 aromatic rings. The summed E-state index contributed by atoms with van der Waals surface area (Å²) < 4.78 is 12.9. The van der Waals surface area contributed by atoms with E-state index in [4.69, 9.17) is 5.11 Å². The van der Waals surface area contributed by atoms with Crippen molar-refractivity contribution in [3.8, 4) is 0 Å². The van der Waals surface area contributed by atoms with E-state index in [1.54, 1.807) is 19.1 Å². The van der Waals surface area contributed by atoms with Crippen molar-refractivity contribution in [1.82, 2.24) is 0 Å². The zero-order valence-electron chi connectivity index (χ0n) is 6.63. The Kier molecular flexibility index (Phi) is 2.25. The number of aryl methyl sites for hydroxylation is 1. The van der Waals surface area contributed by atoms with Gasteiger partial charge in [0.15, 0.2) is 0 Å². The minimum Gasteiger partial charge on any atom is -0.389 e. The molecule has 0 heterocycles. The minimum absolute atomic E-state index is 0.333. The van der Waals surface area contributed by atoms with Crippen LogP contribution in [0.2, 0.25) is 0 Å². The second-order valence-electron chi connectivity index (χ2n) is 2.70. The van der Waals surface area contributed by atoms with E-state index in [9.17, 15) is 4.39 Å². The first kappa shape index (κ1) is 8.21. The highest BCUT2D eigenvalue weighted by atomic mass is 19.1. The number of halogens is 1. The molecule has 1 nitrogen and oxygen atoms in total. The topological polar surface area (TPSA) is 20.2 Å². The van der Waals surface area contributed by atoms with E-state index in [-0.39, 0.29) is 5.82 Å². The molecule has 11 heavy (non-hydrogen) atoms. The van der Waals surface area contributed by atoms with Crippen molar-refractivity contribution in [3.63, 3.8) is 0 Å². The van der Waals surface area contributed by atoms with Gasteiger partial charge in [-0.2, -0.15) is 0 Å². The zero-order chi connectivity index (χ0) is 8.43. The number of hydrogen-bond donors (Lipinski definition) is 1. The van der Waals surface area contributed by atoms with Gasteiger partial charge in [0.1, 0.15) is 5.82 Å². The molecule has 1 rings (SSSR count). The van der Waals surface area contributed by atoms with Gasteiger partial charge in [-0.05, 0) is 25.5 Å². The summed E-state index contributed by atoms with van der Waals surface area (Å²) in [6, 6.07) is 4.81. The molecule has 0 saturated heterocycles. The quantitative estimate of drug-likeness (QED) is 0.657. The summed E-state index contributed by atoms with van der Waals surface area (Å²) >= 11 is 0. The molecule has 0 bridgehead atoms. The predicted molar refractivity (Wildman–Crippen MR) is 41.8 cm³/mol. The van der Waals surface area contributed by atoms with Crippen LogP contribution in [0.1, 0.15) is 24.2 Å². The molecule has 1 atom stereocenters. The van der Waals surface area contributed by atoms with E-state index >= 15 is 0 Å². The molecule has 0 aromatic heterocycles. The predicted octanol–water partition coefficient (Wildman–Crippen LogP) is 2.19. The Balaban J connectivity index is 3.09. The normalized spacial score (nSPS) is 13.1. The summed E-state index contributed by atoms with van der Waals surface area (Å²) in [4.78, 5) is 0. The van der Waals surface area contributed by atoms with Crippen molar-refractivity contribution in [1.29, 1.82) is 0 Å². The highest BCUT2D eigenvalue weighted by Gasteiger charge is 2.06. The Labute approximate surface area is 65.5 Å². The van der Waals surface area contributed by atoms with Gasteiger partial charge in [-0.3, -0.25) is 0 Å². The van der Waals surface area contributed by atoms with Gasteiger partial charge in [0.25, 0.3) is 0 Å². The molecule has 0 radical (unpaired) electrons. The molecule has 1 N–H and O–H groups in total. The average Bonchev–Trinajstić information content (AvgIpc) is 1.85. The van der Waals surface area contributed by atoms with Gasteiger partial charge in [-0.1, -0.05) is 12.1 Å². The Bertz CT molecular complexity index is 256. The number of hydrogen-bond acceptors (Lipinski definition) is 1. The third-order valence-electron chi connectivity index (χ3n) is 1.61. The molecule has 60 valence electrons. The van der Waals surface area contributed by atoms with Crippen LogP contribution in [0, 0.1) is 12.7 Å². The highest BCUT2D eigenvalue weighted by Crippen LogP contribution is 2.16. The zero-order valence-corrected chi connectivity index (χ0v) is 6.63. The smallest absolute Gasteiger partial charge is 0.129 e. The summed E-state index contributed by atoms with van der Waals surface area (Å²) in [5, 5.41) is 9.06. The summed E-state index contributed by atoms with van der Waals surface area (Å²) in [7, 11) is 0. The first-order valence-corrected chi connectivity index (χ1v) is 3.55. The second kappa shape index (κ2) is 3.01. The fraction of sp³-hybridized carbons (Fsp3) is 0.333. The molecular weight excluding hydrogens is 143 g/mol. The third-order valence-corrected chi connectivity index (χ3v) is 1.61. The van der Waals surface area contributed by atoms with Crippen LogP contribution in [0.15, 0.2) is 18.2 Å². The molecule has 0 fully saturated rings. The number of rotatable bonds is 1. The van der Waals surface area contributed by atoms with Gasteiger partial charge in [0.05, 0.1) is 6.10 Å². The maximum absolute atomic E-state index is 12.9. The van der Waals surface area contributed by atoms with Crippen molar-refractivity contribution < 1.29 is 9.50 Å². The van der Waals surface area contributed by atoms with Crippen molar-refractivity contribution >= 4 is 0 Å². The fourth-order valence-electron chi connectivity index (χ4n) is 0.971. The van der Waals surface area contributed by atoms with Crippen LogP contribution in [0.4, 0.5) is 4.39 Å². The van der Waals surface area contributed by atoms with Crippen molar-refractivity contribution in [3.05, 3.63) is 35.1 Å². The third kappa shape index (κ3) is 1.77. The molecule has 0 aliphatic rings. The average molecular weight is 154 g/mol. The van der Waals surface area contributed by atoms with Crippen LogP contribution in [0.25, 0.3) is 0 Å². The maximum atomic E-state index is 12.9. The van der Waals surface area contributed by atoms with Crippen molar-refractivity contribution in [2.24, 2.45) is 0 Å². The molecule has 2 heteroatoms. The van der Waals surface area contributed by atoms with Crippen LogP contribution in [-0.2, 0) is 0 Å². The van der Waals surface area contributed by atoms with E-state index in [0.29, 0.717) is 5.56 Å². The Morgan fingerprint density at radius 3 is 2.55 bits per heavy atom. The molecule has 0 aliphatic carbocycles. The van der Waals surface area contributed by atoms with E-state index in [2.05, 4.69) is 0 Å². The van der Waals surface area contributed by atoms with Gasteiger partial charge >= 0.3 is 0 Å². The molecular formula is C9H11FO. The van der Waals surface area contributed by atoms with Gasteiger partial charge in [-0.15, -0.1) is 0 Å². The van der Waals surface area contributed by atoms with Gasteiger partial charge in [-0.25, -0.2) is 4.39 Å². The van der Waals surface area contributed by atoms with Crippen LogP contribution < -0.4 is 0 Å². The lowest BCUT2D eigenvalue weighted by Crippen LogP contribution is -1.95. The summed E-state index contributed by atoms with van der Waals surface area (Å²) in [5.74, 6) is -0.333. The summed E-state index contributed by atoms with van der Waals surface area (Å²) in [5.41, 5.74) is 1.22. The Morgan fingerprint density at radius 1 is 1.45 bits per heavy atom. The van der Waals surface area contributed by atoms with E-state index in [1.807, 2.05) is 6.92 Å². The van der Waals surface area contributed by atoms with Crippen LogP contribution in [0.5, 0.6) is 0 Å².